The summed E-state index contributed by atoms with van der Waals surface area (Å²) in [5.74, 6) is 1.89. The molecule has 1 aromatic carbocycles. The van der Waals surface area contributed by atoms with Gasteiger partial charge in [-0.2, -0.15) is 12.6 Å². The lowest BCUT2D eigenvalue weighted by Crippen LogP contribution is -2.13. The SMILES string of the molecule is CCCC(CS)COc1cc(Cl)c(Br)cc1Cl. The lowest BCUT2D eigenvalue weighted by molar-refractivity contribution is 0.254. The summed E-state index contributed by atoms with van der Waals surface area (Å²) in [6, 6.07) is 3.48. The van der Waals surface area contributed by atoms with Gasteiger partial charge in [0.25, 0.3) is 0 Å². The number of halogens is 3. The topological polar surface area (TPSA) is 9.23 Å². The minimum Gasteiger partial charge on any atom is -0.492 e. The lowest BCUT2D eigenvalue weighted by Gasteiger charge is -2.15. The Hall–Kier alpha value is 0.430. The second kappa shape index (κ2) is 7.78. The van der Waals surface area contributed by atoms with Gasteiger partial charge in [0, 0.05) is 16.5 Å². The molecule has 0 aliphatic heterocycles. The fourth-order valence-corrected chi connectivity index (χ4v) is 2.59. The molecule has 96 valence electrons. The predicted octanol–water partition coefficient (Wildman–Crippen LogP) is 5.48. The molecule has 0 saturated heterocycles. The molecule has 0 bridgehead atoms. The molecule has 0 N–H and O–H groups in total. The third-order valence-corrected chi connectivity index (χ3v) is 4.41. The second-order valence-corrected chi connectivity index (χ2v) is 5.88. The van der Waals surface area contributed by atoms with E-state index in [1.807, 2.05) is 0 Å². The first kappa shape index (κ1) is 15.5. The normalized spacial score (nSPS) is 12.5. The molecule has 1 rings (SSSR count). The van der Waals surface area contributed by atoms with Crippen LogP contribution in [0.1, 0.15) is 19.8 Å². The molecule has 0 spiro atoms. The van der Waals surface area contributed by atoms with E-state index in [1.54, 1.807) is 12.1 Å². The summed E-state index contributed by atoms with van der Waals surface area (Å²) in [7, 11) is 0. The number of ether oxygens (including phenoxy) is 1. The molecule has 0 fully saturated rings. The zero-order chi connectivity index (χ0) is 12.8. The van der Waals surface area contributed by atoms with Crippen molar-refractivity contribution in [3.8, 4) is 5.75 Å². The standard InChI is InChI=1S/C12H15BrCl2OS/c1-2-3-8(7-17)6-16-12-5-10(14)9(13)4-11(12)15/h4-5,8,17H,2-3,6-7H2,1H3. The molecule has 1 atom stereocenters. The van der Waals surface area contributed by atoms with E-state index in [4.69, 9.17) is 27.9 Å². The fourth-order valence-electron chi connectivity index (χ4n) is 1.46. The van der Waals surface area contributed by atoms with Crippen molar-refractivity contribution in [3.05, 3.63) is 26.7 Å². The molecule has 17 heavy (non-hydrogen) atoms. The second-order valence-electron chi connectivity index (χ2n) is 3.85. The summed E-state index contributed by atoms with van der Waals surface area (Å²) < 4.78 is 6.47. The van der Waals surface area contributed by atoms with Gasteiger partial charge >= 0.3 is 0 Å². The van der Waals surface area contributed by atoms with E-state index in [1.165, 1.54) is 0 Å². The minimum atomic E-state index is 0.446. The van der Waals surface area contributed by atoms with Crippen LogP contribution in [0.4, 0.5) is 0 Å². The third kappa shape index (κ3) is 4.90. The van der Waals surface area contributed by atoms with Crippen LogP contribution in [0.15, 0.2) is 16.6 Å². The quantitative estimate of drug-likeness (QED) is 0.523. The zero-order valence-corrected chi connectivity index (χ0v) is 13.5. The Kier molecular flexibility index (Phi) is 7.08. The number of thiol groups is 1. The van der Waals surface area contributed by atoms with E-state index in [2.05, 4.69) is 35.5 Å². The molecule has 0 aliphatic rings. The monoisotopic (exact) mass is 356 g/mol. The minimum absolute atomic E-state index is 0.446. The van der Waals surface area contributed by atoms with Crippen molar-refractivity contribution < 1.29 is 4.74 Å². The van der Waals surface area contributed by atoms with Gasteiger partial charge in [-0.1, -0.05) is 36.5 Å². The largest absolute Gasteiger partial charge is 0.492 e. The van der Waals surface area contributed by atoms with Gasteiger partial charge < -0.3 is 4.74 Å². The summed E-state index contributed by atoms with van der Waals surface area (Å²) in [6.07, 6.45) is 2.23. The third-order valence-electron chi connectivity index (χ3n) is 2.40. The van der Waals surface area contributed by atoms with E-state index in [9.17, 15) is 0 Å². The summed E-state index contributed by atoms with van der Waals surface area (Å²) in [4.78, 5) is 0. The van der Waals surface area contributed by atoms with Crippen LogP contribution >= 0.6 is 51.8 Å². The Morgan fingerprint density at radius 3 is 2.65 bits per heavy atom. The van der Waals surface area contributed by atoms with E-state index in [-0.39, 0.29) is 0 Å². The Morgan fingerprint density at radius 2 is 2.06 bits per heavy atom. The van der Waals surface area contributed by atoms with Gasteiger partial charge in [0.2, 0.25) is 0 Å². The summed E-state index contributed by atoms with van der Waals surface area (Å²) in [5.41, 5.74) is 0. The Bertz CT molecular complexity index is 374. The van der Waals surface area contributed by atoms with Crippen molar-refractivity contribution in [2.75, 3.05) is 12.4 Å². The van der Waals surface area contributed by atoms with Crippen LogP contribution < -0.4 is 4.74 Å². The van der Waals surface area contributed by atoms with Crippen LogP contribution in [0.5, 0.6) is 5.75 Å². The van der Waals surface area contributed by atoms with Crippen molar-refractivity contribution in [3.63, 3.8) is 0 Å². The van der Waals surface area contributed by atoms with Crippen LogP contribution in [-0.4, -0.2) is 12.4 Å². The van der Waals surface area contributed by atoms with Crippen molar-refractivity contribution in [1.29, 1.82) is 0 Å². The molecule has 1 unspecified atom stereocenters. The van der Waals surface area contributed by atoms with Gasteiger partial charge in [-0.25, -0.2) is 0 Å². The van der Waals surface area contributed by atoms with Crippen LogP contribution in [0.3, 0.4) is 0 Å². The highest BCUT2D eigenvalue weighted by atomic mass is 79.9. The highest BCUT2D eigenvalue weighted by molar-refractivity contribution is 9.10. The van der Waals surface area contributed by atoms with Crippen molar-refractivity contribution in [2.45, 2.75) is 19.8 Å². The van der Waals surface area contributed by atoms with Gasteiger partial charge in [-0.05, 0) is 34.2 Å². The highest BCUT2D eigenvalue weighted by Crippen LogP contribution is 2.34. The zero-order valence-electron chi connectivity index (χ0n) is 9.55. The molecule has 0 heterocycles. The number of benzene rings is 1. The lowest BCUT2D eigenvalue weighted by atomic mass is 10.1. The first-order chi connectivity index (χ1) is 8.08. The highest BCUT2D eigenvalue weighted by Gasteiger charge is 2.10. The van der Waals surface area contributed by atoms with E-state index in [0.29, 0.717) is 28.3 Å². The maximum Gasteiger partial charge on any atom is 0.139 e. The van der Waals surface area contributed by atoms with Crippen LogP contribution in [0, 0.1) is 5.92 Å². The van der Waals surface area contributed by atoms with Gasteiger partial charge in [-0.15, -0.1) is 0 Å². The first-order valence-corrected chi connectivity index (χ1v) is 7.64. The Morgan fingerprint density at radius 1 is 1.35 bits per heavy atom. The van der Waals surface area contributed by atoms with E-state index < -0.39 is 0 Å². The molecule has 0 aliphatic carbocycles. The smallest absolute Gasteiger partial charge is 0.139 e. The van der Waals surface area contributed by atoms with Crippen LogP contribution in [0.25, 0.3) is 0 Å². The molecule has 1 aromatic rings. The van der Waals surface area contributed by atoms with E-state index in [0.717, 1.165) is 23.1 Å². The Labute approximate surface area is 126 Å². The molecule has 0 radical (unpaired) electrons. The van der Waals surface area contributed by atoms with Gasteiger partial charge in [0.1, 0.15) is 5.75 Å². The summed E-state index contributed by atoms with van der Waals surface area (Å²) in [6.45, 7) is 2.77. The molecule has 0 aromatic heterocycles. The van der Waals surface area contributed by atoms with Gasteiger partial charge in [-0.3, -0.25) is 0 Å². The molecule has 5 heteroatoms. The van der Waals surface area contributed by atoms with Crippen LogP contribution in [-0.2, 0) is 0 Å². The van der Waals surface area contributed by atoms with Crippen molar-refractivity contribution in [1.82, 2.24) is 0 Å². The maximum absolute atomic E-state index is 6.07. The number of hydrogen-bond donors (Lipinski definition) is 1. The predicted molar refractivity (Wildman–Crippen MR) is 81.9 cm³/mol. The average molecular weight is 358 g/mol. The maximum atomic E-state index is 6.07. The molecular weight excluding hydrogens is 343 g/mol. The van der Waals surface area contributed by atoms with Crippen LogP contribution in [0.2, 0.25) is 10.0 Å². The number of hydrogen-bond acceptors (Lipinski definition) is 2. The summed E-state index contributed by atoms with van der Waals surface area (Å²) in [5, 5.41) is 1.16. The number of rotatable bonds is 6. The fraction of sp³-hybridized carbons (Fsp3) is 0.500. The van der Waals surface area contributed by atoms with E-state index >= 15 is 0 Å². The van der Waals surface area contributed by atoms with Gasteiger partial charge in [0.05, 0.1) is 16.7 Å². The molecule has 0 saturated carbocycles. The van der Waals surface area contributed by atoms with Gasteiger partial charge in [0.15, 0.2) is 0 Å². The molecule has 1 nitrogen and oxygen atoms in total. The molecular formula is C12H15BrCl2OS. The average Bonchev–Trinajstić information content (AvgIpc) is 2.30. The molecule has 0 amide bonds. The summed E-state index contributed by atoms with van der Waals surface area (Å²) >= 11 is 19.7. The first-order valence-electron chi connectivity index (χ1n) is 5.46. The Balaban J connectivity index is 2.65. The van der Waals surface area contributed by atoms with Crippen molar-refractivity contribution in [2.24, 2.45) is 5.92 Å². The van der Waals surface area contributed by atoms with Crippen molar-refractivity contribution >= 4 is 51.8 Å².